The number of nitrogens with zero attached hydrogens (tertiary/aromatic N) is 2. The van der Waals surface area contributed by atoms with Gasteiger partial charge >= 0.3 is 0 Å². The van der Waals surface area contributed by atoms with Crippen molar-refractivity contribution in [1.82, 2.24) is 20.2 Å². The lowest BCUT2D eigenvalue weighted by Crippen LogP contribution is -2.24. The lowest BCUT2D eigenvalue weighted by molar-refractivity contribution is 0.570. The van der Waals surface area contributed by atoms with Crippen molar-refractivity contribution in [2.75, 3.05) is 13.1 Å². The molecular formula is C11H18N4. The average Bonchev–Trinajstić information content (AvgIpc) is 2.87. The molecule has 0 amide bonds. The number of imidazole rings is 1. The van der Waals surface area contributed by atoms with Crippen LogP contribution < -0.4 is 10.6 Å². The zero-order valence-corrected chi connectivity index (χ0v) is 9.21. The summed E-state index contributed by atoms with van der Waals surface area (Å²) >= 11 is 0. The van der Waals surface area contributed by atoms with Gasteiger partial charge in [0.1, 0.15) is 5.82 Å². The maximum atomic E-state index is 4.77. The first-order valence-corrected chi connectivity index (χ1v) is 5.85. The van der Waals surface area contributed by atoms with Gasteiger partial charge in [-0.05, 0) is 19.4 Å². The molecule has 0 aromatic carbocycles. The highest BCUT2D eigenvalue weighted by atomic mass is 15.1. The van der Waals surface area contributed by atoms with E-state index in [-0.39, 0.29) is 0 Å². The van der Waals surface area contributed by atoms with E-state index in [0.717, 1.165) is 26.1 Å². The SMILES string of the molecule is Cn1c(C2CCCN2)nc2c1CCNC2. The molecule has 0 bridgehead atoms. The predicted octanol–water partition coefficient (Wildman–Crippen LogP) is 0.490. The normalized spacial score (nSPS) is 25.5. The summed E-state index contributed by atoms with van der Waals surface area (Å²) in [6.45, 7) is 3.17. The molecule has 0 spiro atoms. The molecule has 0 saturated carbocycles. The van der Waals surface area contributed by atoms with E-state index < -0.39 is 0 Å². The monoisotopic (exact) mass is 206 g/mol. The number of hydrogen-bond acceptors (Lipinski definition) is 3. The zero-order valence-electron chi connectivity index (χ0n) is 9.21. The van der Waals surface area contributed by atoms with Crippen molar-refractivity contribution in [1.29, 1.82) is 0 Å². The standard InChI is InChI=1S/C11H18N4/c1-15-10-4-6-12-7-9(10)14-11(15)8-3-2-5-13-8/h8,12-13H,2-7H2,1H3. The van der Waals surface area contributed by atoms with E-state index in [4.69, 9.17) is 4.98 Å². The molecule has 15 heavy (non-hydrogen) atoms. The topological polar surface area (TPSA) is 41.9 Å². The summed E-state index contributed by atoms with van der Waals surface area (Å²) in [5.41, 5.74) is 2.69. The Hall–Kier alpha value is -0.870. The molecule has 0 aliphatic carbocycles. The van der Waals surface area contributed by atoms with Crippen molar-refractivity contribution in [3.8, 4) is 0 Å². The van der Waals surface area contributed by atoms with Crippen molar-refractivity contribution < 1.29 is 0 Å². The van der Waals surface area contributed by atoms with Gasteiger partial charge in [0.15, 0.2) is 0 Å². The smallest absolute Gasteiger partial charge is 0.126 e. The fraction of sp³-hybridized carbons (Fsp3) is 0.727. The van der Waals surface area contributed by atoms with Gasteiger partial charge in [-0.2, -0.15) is 0 Å². The molecule has 3 rings (SSSR count). The van der Waals surface area contributed by atoms with Crippen molar-refractivity contribution in [2.24, 2.45) is 7.05 Å². The van der Waals surface area contributed by atoms with E-state index in [1.54, 1.807) is 0 Å². The first-order valence-electron chi connectivity index (χ1n) is 5.85. The van der Waals surface area contributed by atoms with Crippen molar-refractivity contribution in [2.45, 2.75) is 31.8 Å². The van der Waals surface area contributed by atoms with Crippen LogP contribution in [0, 0.1) is 0 Å². The molecule has 1 unspecified atom stereocenters. The molecule has 0 radical (unpaired) electrons. The van der Waals surface area contributed by atoms with Crippen LogP contribution in [0.4, 0.5) is 0 Å². The summed E-state index contributed by atoms with van der Waals surface area (Å²) in [6, 6.07) is 0.487. The van der Waals surface area contributed by atoms with Crippen LogP contribution in [0.2, 0.25) is 0 Å². The van der Waals surface area contributed by atoms with Gasteiger partial charge < -0.3 is 15.2 Å². The Balaban J connectivity index is 1.97. The minimum absolute atomic E-state index is 0.487. The molecule has 2 N–H and O–H groups in total. The van der Waals surface area contributed by atoms with Gasteiger partial charge in [-0.3, -0.25) is 0 Å². The summed E-state index contributed by atoms with van der Waals surface area (Å²) in [7, 11) is 2.16. The second-order valence-electron chi connectivity index (χ2n) is 4.50. The van der Waals surface area contributed by atoms with Crippen LogP contribution in [0.15, 0.2) is 0 Å². The third-order valence-electron chi connectivity index (χ3n) is 3.53. The van der Waals surface area contributed by atoms with E-state index in [1.165, 1.54) is 30.1 Å². The lowest BCUT2D eigenvalue weighted by Gasteiger charge is -2.14. The largest absolute Gasteiger partial charge is 0.333 e. The fourth-order valence-electron chi connectivity index (χ4n) is 2.69. The van der Waals surface area contributed by atoms with Crippen LogP contribution in [0.1, 0.15) is 36.1 Å². The van der Waals surface area contributed by atoms with Crippen LogP contribution in [0.3, 0.4) is 0 Å². The van der Waals surface area contributed by atoms with E-state index in [2.05, 4.69) is 22.2 Å². The second kappa shape index (κ2) is 3.61. The lowest BCUT2D eigenvalue weighted by atomic mass is 10.2. The first kappa shape index (κ1) is 9.36. The van der Waals surface area contributed by atoms with Gasteiger partial charge in [-0.1, -0.05) is 0 Å². The van der Waals surface area contributed by atoms with Gasteiger partial charge in [0, 0.05) is 32.3 Å². The Kier molecular flexibility index (Phi) is 2.25. The van der Waals surface area contributed by atoms with Crippen LogP contribution in [0.5, 0.6) is 0 Å². The molecular weight excluding hydrogens is 188 g/mol. The van der Waals surface area contributed by atoms with E-state index >= 15 is 0 Å². The fourth-order valence-corrected chi connectivity index (χ4v) is 2.69. The highest BCUT2D eigenvalue weighted by molar-refractivity contribution is 5.21. The first-order chi connectivity index (χ1) is 7.36. The van der Waals surface area contributed by atoms with Gasteiger partial charge in [0.05, 0.1) is 11.7 Å². The molecule has 82 valence electrons. The summed E-state index contributed by atoms with van der Waals surface area (Å²) < 4.78 is 2.30. The maximum absolute atomic E-state index is 4.77. The molecule has 1 saturated heterocycles. The summed E-state index contributed by atoms with van der Waals surface area (Å²) in [5.74, 6) is 1.24. The average molecular weight is 206 g/mol. The third-order valence-corrected chi connectivity index (χ3v) is 3.53. The molecule has 2 aliphatic rings. The van der Waals surface area contributed by atoms with Crippen LogP contribution in [0.25, 0.3) is 0 Å². The number of aromatic nitrogens is 2. The Labute approximate surface area is 90.1 Å². The van der Waals surface area contributed by atoms with Crippen molar-refractivity contribution >= 4 is 0 Å². The molecule has 1 atom stereocenters. The number of fused-ring (bicyclic) bond motifs is 1. The van der Waals surface area contributed by atoms with Crippen molar-refractivity contribution in [3.05, 3.63) is 17.2 Å². The Morgan fingerprint density at radius 1 is 1.40 bits per heavy atom. The number of hydrogen-bond donors (Lipinski definition) is 2. The molecule has 1 fully saturated rings. The van der Waals surface area contributed by atoms with Crippen LogP contribution in [-0.4, -0.2) is 22.6 Å². The molecule has 3 heterocycles. The maximum Gasteiger partial charge on any atom is 0.126 e. The predicted molar refractivity (Wildman–Crippen MR) is 58.6 cm³/mol. The highest BCUT2D eigenvalue weighted by Gasteiger charge is 2.24. The van der Waals surface area contributed by atoms with E-state index in [9.17, 15) is 0 Å². The highest BCUT2D eigenvalue weighted by Crippen LogP contribution is 2.25. The van der Waals surface area contributed by atoms with Gasteiger partial charge in [0.25, 0.3) is 0 Å². The zero-order chi connectivity index (χ0) is 10.3. The number of nitrogens with one attached hydrogen (secondary N) is 2. The number of rotatable bonds is 1. The molecule has 1 aromatic heterocycles. The van der Waals surface area contributed by atoms with E-state index in [1.807, 2.05) is 0 Å². The summed E-state index contributed by atoms with van der Waals surface area (Å²) in [6.07, 6.45) is 3.63. The minimum atomic E-state index is 0.487. The Morgan fingerprint density at radius 2 is 2.33 bits per heavy atom. The van der Waals surface area contributed by atoms with Crippen LogP contribution >= 0.6 is 0 Å². The molecule has 4 nitrogen and oxygen atoms in total. The van der Waals surface area contributed by atoms with Gasteiger partial charge in [-0.15, -0.1) is 0 Å². The van der Waals surface area contributed by atoms with Gasteiger partial charge in [-0.25, -0.2) is 4.98 Å². The molecule has 1 aromatic rings. The minimum Gasteiger partial charge on any atom is -0.333 e. The van der Waals surface area contributed by atoms with Gasteiger partial charge in [0.2, 0.25) is 0 Å². The van der Waals surface area contributed by atoms with Crippen molar-refractivity contribution in [3.63, 3.8) is 0 Å². The summed E-state index contributed by atoms with van der Waals surface area (Å²) in [4.78, 5) is 4.77. The second-order valence-corrected chi connectivity index (χ2v) is 4.50. The molecule has 4 heteroatoms. The quantitative estimate of drug-likeness (QED) is 0.702. The summed E-state index contributed by atoms with van der Waals surface area (Å²) in [5, 5.41) is 6.89. The Bertz CT molecular complexity index is 363. The van der Waals surface area contributed by atoms with E-state index in [0.29, 0.717) is 6.04 Å². The Morgan fingerprint density at radius 3 is 3.07 bits per heavy atom. The third kappa shape index (κ3) is 1.48. The van der Waals surface area contributed by atoms with Crippen LogP contribution in [-0.2, 0) is 20.0 Å². The molecule has 2 aliphatic heterocycles.